The topological polar surface area (TPSA) is 88.4 Å². The van der Waals surface area contributed by atoms with Crippen LogP contribution in [0.2, 0.25) is 0 Å². The highest BCUT2D eigenvalue weighted by Crippen LogP contribution is 2.36. The maximum atomic E-state index is 14.1. The van der Waals surface area contributed by atoms with Crippen molar-refractivity contribution < 1.29 is 23.7 Å². The molecule has 0 spiro atoms. The Morgan fingerprint density at radius 2 is 1.57 bits per heavy atom. The first-order valence-electron chi connectivity index (χ1n) is 15.5. The van der Waals surface area contributed by atoms with E-state index in [0.29, 0.717) is 63.2 Å². The first kappa shape index (κ1) is 32.8. The maximum Gasteiger partial charge on any atom is 0.338 e. The molecule has 5 rings (SSSR count). The standard InChI is InChI=1S/C37H40N2O6S/c1-8-42-29-14-12-11-13-27(29)34-33(36(41)44-10-3)25(7)38-37-39(34)35(40)32(46-37)20-26-15-16-30(31(19-26)43-9-2)45-21-28-23(5)17-22(4)18-24(28)6/h11-20,34H,8-10,21H2,1-7H3/b32-20-/t34-/m0/s1. The van der Waals surface area contributed by atoms with Crippen LogP contribution >= 0.6 is 11.3 Å². The number of hydrogen-bond acceptors (Lipinski definition) is 8. The third kappa shape index (κ3) is 6.65. The Balaban J connectivity index is 1.57. The summed E-state index contributed by atoms with van der Waals surface area (Å²) in [5.74, 6) is 1.30. The predicted molar refractivity (Wildman–Crippen MR) is 181 cm³/mol. The van der Waals surface area contributed by atoms with Gasteiger partial charge in [0.15, 0.2) is 16.3 Å². The Labute approximate surface area is 273 Å². The molecule has 4 aromatic rings. The molecule has 2 heterocycles. The van der Waals surface area contributed by atoms with Gasteiger partial charge in [-0.1, -0.05) is 53.3 Å². The smallest absolute Gasteiger partial charge is 0.338 e. The Morgan fingerprint density at radius 3 is 2.26 bits per heavy atom. The molecule has 1 atom stereocenters. The number of fused-ring (bicyclic) bond motifs is 1. The molecule has 0 radical (unpaired) electrons. The molecule has 0 saturated carbocycles. The van der Waals surface area contributed by atoms with Gasteiger partial charge in [-0.15, -0.1) is 0 Å². The highest BCUT2D eigenvalue weighted by molar-refractivity contribution is 7.07. The lowest BCUT2D eigenvalue weighted by molar-refractivity contribution is -0.139. The van der Waals surface area contributed by atoms with Crippen LogP contribution in [0.3, 0.4) is 0 Å². The predicted octanol–water partition coefficient (Wildman–Crippen LogP) is 6.10. The number of nitrogens with zero attached hydrogens (tertiary/aromatic N) is 2. The van der Waals surface area contributed by atoms with Gasteiger partial charge in [0.2, 0.25) is 0 Å². The quantitative estimate of drug-likeness (QED) is 0.184. The molecule has 1 aromatic heterocycles. The Hall–Kier alpha value is -4.63. The monoisotopic (exact) mass is 640 g/mol. The molecule has 0 N–H and O–H groups in total. The van der Waals surface area contributed by atoms with Crippen LogP contribution in [0.15, 0.2) is 75.7 Å². The molecule has 0 saturated heterocycles. The molecule has 3 aromatic carbocycles. The van der Waals surface area contributed by atoms with Gasteiger partial charge >= 0.3 is 5.97 Å². The van der Waals surface area contributed by atoms with Crippen molar-refractivity contribution >= 4 is 23.4 Å². The van der Waals surface area contributed by atoms with Crippen molar-refractivity contribution in [1.29, 1.82) is 0 Å². The van der Waals surface area contributed by atoms with E-state index >= 15 is 0 Å². The van der Waals surface area contributed by atoms with Crippen LogP contribution in [0.1, 0.15) is 67.1 Å². The van der Waals surface area contributed by atoms with Crippen molar-refractivity contribution in [3.8, 4) is 17.2 Å². The van der Waals surface area contributed by atoms with Crippen LogP contribution in [-0.2, 0) is 16.1 Å². The molecule has 0 aliphatic carbocycles. The van der Waals surface area contributed by atoms with Gasteiger partial charge in [-0.3, -0.25) is 9.36 Å². The van der Waals surface area contributed by atoms with Crippen molar-refractivity contribution in [2.24, 2.45) is 4.99 Å². The third-order valence-electron chi connectivity index (χ3n) is 7.81. The zero-order chi connectivity index (χ0) is 33.0. The zero-order valence-electron chi connectivity index (χ0n) is 27.4. The van der Waals surface area contributed by atoms with Crippen LogP contribution in [0.5, 0.6) is 17.2 Å². The molecular formula is C37H40N2O6S. The second-order valence-electron chi connectivity index (χ2n) is 11.1. The highest BCUT2D eigenvalue weighted by atomic mass is 32.1. The van der Waals surface area contributed by atoms with E-state index in [0.717, 1.165) is 11.1 Å². The van der Waals surface area contributed by atoms with E-state index < -0.39 is 12.0 Å². The average molecular weight is 641 g/mol. The number of aromatic nitrogens is 1. The molecular weight excluding hydrogens is 600 g/mol. The molecule has 0 amide bonds. The fourth-order valence-corrected chi connectivity index (χ4v) is 6.87. The van der Waals surface area contributed by atoms with Gasteiger partial charge in [0, 0.05) is 5.56 Å². The lowest BCUT2D eigenvalue weighted by Gasteiger charge is -2.26. The van der Waals surface area contributed by atoms with Gasteiger partial charge in [0.1, 0.15) is 18.4 Å². The van der Waals surface area contributed by atoms with Gasteiger partial charge in [-0.2, -0.15) is 0 Å². The lowest BCUT2D eigenvalue weighted by Crippen LogP contribution is -2.40. The van der Waals surface area contributed by atoms with E-state index in [-0.39, 0.29) is 12.2 Å². The van der Waals surface area contributed by atoms with Gasteiger partial charge in [-0.25, -0.2) is 9.79 Å². The second-order valence-corrected chi connectivity index (χ2v) is 12.1. The first-order valence-corrected chi connectivity index (χ1v) is 16.4. The van der Waals surface area contributed by atoms with Crippen molar-refractivity contribution in [2.45, 2.75) is 61.1 Å². The minimum absolute atomic E-state index is 0.200. The summed E-state index contributed by atoms with van der Waals surface area (Å²) in [5, 5.41) is 0. The molecule has 1 aliphatic heterocycles. The number of carbonyl (C=O) groups excluding carboxylic acids is 1. The number of para-hydroxylation sites is 1. The zero-order valence-corrected chi connectivity index (χ0v) is 28.2. The second kappa shape index (κ2) is 14.2. The first-order chi connectivity index (χ1) is 22.2. The molecule has 0 unspecified atom stereocenters. The summed E-state index contributed by atoms with van der Waals surface area (Å²) in [4.78, 5) is 32.6. The van der Waals surface area contributed by atoms with Crippen LogP contribution in [0.4, 0.5) is 0 Å². The summed E-state index contributed by atoms with van der Waals surface area (Å²) in [5.41, 5.74) is 6.75. The Kier molecular flexibility index (Phi) is 10.1. The third-order valence-corrected chi connectivity index (χ3v) is 8.79. The van der Waals surface area contributed by atoms with Crippen molar-refractivity contribution in [2.75, 3.05) is 19.8 Å². The van der Waals surface area contributed by atoms with Gasteiger partial charge in [0.05, 0.1) is 35.6 Å². The van der Waals surface area contributed by atoms with Crippen molar-refractivity contribution in [3.05, 3.63) is 119 Å². The van der Waals surface area contributed by atoms with E-state index in [1.54, 1.807) is 18.4 Å². The number of thiazole rings is 1. The molecule has 9 heteroatoms. The number of benzene rings is 3. The Morgan fingerprint density at radius 1 is 0.870 bits per heavy atom. The summed E-state index contributed by atoms with van der Waals surface area (Å²) in [6.45, 7) is 15.1. The largest absolute Gasteiger partial charge is 0.494 e. The summed E-state index contributed by atoms with van der Waals surface area (Å²) in [7, 11) is 0. The summed E-state index contributed by atoms with van der Waals surface area (Å²) >= 11 is 1.27. The minimum atomic E-state index is -0.761. The van der Waals surface area contributed by atoms with Gasteiger partial charge < -0.3 is 18.9 Å². The van der Waals surface area contributed by atoms with Gasteiger partial charge in [0.25, 0.3) is 5.56 Å². The number of allylic oxidation sites excluding steroid dienone is 1. The summed E-state index contributed by atoms with van der Waals surface area (Å²) in [6, 6.07) is 16.7. The van der Waals surface area contributed by atoms with Crippen LogP contribution in [0, 0.1) is 20.8 Å². The van der Waals surface area contributed by atoms with Gasteiger partial charge in [-0.05, 0) is 95.0 Å². The lowest BCUT2D eigenvalue weighted by atomic mass is 9.95. The molecule has 46 heavy (non-hydrogen) atoms. The minimum Gasteiger partial charge on any atom is -0.494 e. The van der Waals surface area contributed by atoms with E-state index in [2.05, 4.69) is 32.9 Å². The molecule has 0 bridgehead atoms. The number of aryl methyl sites for hydroxylation is 3. The average Bonchev–Trinajstić information content (AvgIpc) is 3.31. The highest BCUT2D eigenvalue weighted by Gasteiger charge is 2.35. The number of rotatable bonds is 11. The summed E-state index contributed by atoms with van der Waals surface area (Å²) in [6.07, 6.45) is 1.82. The number of hydrogen-bond donors (Lipinski definition) is 0. The van der Waals surface area contributed by atoms with Crippen LogP contribution < -0.4 is 29.1 Å². The summed E-state index contributed by atoms with van der Waals surface area (Å²) < 4.78 is 25.6. The SMILES string of the molecule is CCOC(=O)C1=C(C)N=c2s/c(=C\c3ccc(OCc4c(C)cc(C)cc4C)c(OCC)c3)c(=O)n2[C@H]1c1ccccc1OCC. The van der Waals surface area contributed by atoms with Crippen LogP contribution in [0.25, 0.3) is 6.08 Å². The maximum absolute atomic E-state index is 14.1. The van der Waals surface area contributed by atoms with E-state index in [4.69, 9.17) is 23.9 Å². The molecule has 8 nitrogen and oxygen atoms in total. The van der Waals surface area contributed by atoms with Crippen LogP contribution in [-0.4, -0.2) is 30.4 Å². The number of ether oxygens (including phenoxy) is 4. The van der Waals surface area contributed by atoms with Crippen molar-refractivity contribution in [1.82, 2.24) is 4.57 Å². The molecule has 240 valence electrons. The Bertz CT molecular complexity index is 1960. The molecule has 0 fully saturated rings. The number of carbonyl (C=O) groups is 1. The van der Waals surface area contributed by atoms with E-state index in [1.165, 1.54) is 28.0 Å². The normalized spacial score (nSPS) is 14.5. The number of esters is 1. The van der Waals surface area contributed by atoms with E-state index in [1.807, 2.05) is 62.4 Å². The van der Waals surface area contributed by atoms with E-state index in [9.17, 15) is 9.59 Å². The molecule has 1 aliphatic rings. The fourth-order valence-electron chi connectivity index (χ4n) is 5.82. The van der Waals surface area contributed by atoms with Crippen molar-refractivity contribution in [3.63, 3.8) is 0 Å². The fraction of sp³-hybridized carbons (Fsp3) is 0.324.